The fourth-order valence-corrected chi connectivity index (χ4v) is 4.26. The first-order chi connectivity index (χ1) is 17.0. The highest BCUT2D eigenvalue weighted by molar-refractivity contribution is 5.94. The van der Waals surface area contributed by atoms with Crippen LogP contribution in [-0.4, -0.2) is 32.3 Å². The van der Waals surface area contributed by atoms with Crippen LogP contribution in [0.15, 0.2) is 79.1 Å². The van der Waals surface area contributed by atoms with E-state index in [-0.39, 0.29) is 5.91 Å². The first-order valence-corrected chi connectivity index (χ1v) is 11.5. The zero-order chi connectivity index (χ0) is 24.4. The Labute approximate surface area is 204 Å². The molecule has 7 heteroatoms. The van der Waals surface area contributed by atoms with E-state index < -0.39 is 0 Å². The lowest BCUT2D eigenvalue weighted by Crippen LogP contribution is -2.22. The summed E-state index contributed by atoms with van der Waals surface area (Å²) in [5.41, 5.74) is 5.59. The number of nitrogens with zero attached hydrogens (tertiary/aromatic N) is 4. The van der Waals surface area contributed by atoms with Gasteiger partial charge in [0.05, 0.1) is 19.0 Å². The minimum absolute atomic E-state index is 0.119. The molecular weight excluding hydrogens is 438 g/mol. The molecular formula is C28H27N5O2. The van der Waals surface area contributed by atoms with E-state index in [0.717, 1.165) is 45.0 Å². The predicted octanol–water partition coefficient (Wildman–Crippen LogP) is 4.83. The number of methoxy groups -OCH3 is 1. The average Bonchev–Trinajstić information content (AvgIpc) is 3.52. The van der Waals surface area contributed by atoms with Crippen molar-refractivity contribution in [2.45, 2.75) is 26.9 Å². The molecule has 0 bridgehead atoms. The molecule has 35 heavy (non-hydrogen) atoms. The van der Waals surface area contributed by atoms with Gasteiger partial charge in [0.15, 0.2) is 11.5 Å². The highest BCUT2D eigenvalue weighted by Crippen LogP contribution is 2.26. The van der Waals surface area contributed by atoms with Crippen molar-refractivity contribution in [2.75, 3.05) is 7.11 Å². The number of carbonyl (C=O) groups excluding carboxylic acids is 1. The van der Waals surface area contributed by atoms with Crippen LogP contribution in [0.5, 0.6) is 5.75 Å². The van der Waals surface area contributed by atoms with Crippen LogP contribution >= 0.6 is 0 Å². The number of hydrogen-bond donors (Lipinski definition) is 1. The Morgan fingerprint density at radius 2 is 1.74 bits per heavy atom. The Balaban J connectivity index is 1.35. The maximum atomic E-state index is 12.7. The first-order valence-electron chi connectivity index (χ1n) is 11.5. The van der Waals surface area contributed by atoms with Gasteiger partial charge in [-0.2, -0.15) is 5.10 Å². The molecule has 0 fully saturated rings. The number of nitrogens with one attached hydrogen (secondary N) is 1. The van der Waals surface area contributed by atoms with Crippen molar-refractivity contribution in [1.29, 1.82) is 0 Å². The molecule has 1 amide bonds. The monoisotopic (exact) mass is 465 g/mol. The molecule has 176 valence electrons. The SMILES string of the molecule is COc1cccc(CNC(=O)c2ccc(Cn3nc(-n4cccc4)c4c(C)cc(C)nc43)cc2)c1. The van der Waals surface area contributed by atoms with Gasteiger partial charge in [0.2, 0.25) is 0 Å². The normalized spacial score (nSPS) is 11.1. The van der Waals surface area contributed by atoms with Crippen molar-refractivity contribution in [3.05, 3.63) is 107 Å². The number of carbonyl (C=O) groups is 1. The molecule has 0 radical (unpaired) electrons. The third-order valence-electron chi connectivity index (χ3n) is 5.99. The Kier molecular flexibility index (Phi) is 6.06. The van der Waals surface area contributed by atoms with Crippen molar-refractivity contribution in [3.63, 3.8) is 0 Å². The second-order valence-corrected chi connectivity index (χ2v) is 8.58. The largest absolute Gasteiger partial charge is 0.497 e. The third-order valence-corrected chi connectivity index (χ3v) is 5.99. The fraction of sp³-hybridized carbons (Fsp3) is 0.179. The zero-order valence-corrected chi connectivity index (χ0v) is 20.0. The van der Waals surface area contributed by atoms with E-state index >= 15 is 0 Å². The van der Waals surface area contributed by atoms with Gasteiger partial charge in [-0.15, -0.1) is 0 Å². The third kappa shape index (κ3) is 4.66. The number of pyridine rings is 1. The van der Waals surface area contributed by atoms with E-state index in [1.54, 1.807) is 7.11 Å². The van der Waals surface area contributed by atoms with E-state index in [2.05, 4.69) is 18.3 Å². The summed E-state index contributed by atoms with van der Waals surface area (Å²) in [6.45, 7) is 5.08. The molecule has 3 aromatic heterocycles. The first kappa shape index (κ1) is 22.4. The van der Waals surface area contributed by atoms with Gasteiger partial charge >= 0.3 is 0 Å². The number of benzene rings is 2. The van der Waals surface area contributed by atoms with E-state index in [1.165, 1.54) is 0 Å². The van der Waals surface area contributed by atoms with Gasteiger partial charge in [-0.3, -0.25) is 4.79 Å². The van der Waals surface area contributed by atoms with E-state index in [1.807, 2.05) is 89.2 Å². The lowest BCUT2D eigenvalue weighted by Gasteiger charge is -2.08. The topological polar surface area (TPSA) is 74.0 Å². The minimum Gasteiger partial charge on any atom is -0.497 e. The molecule has 5 aromatic rings. The summed E-state index contributed by atoms with van der Waals surface area (Å²) in [4.78, 5) is 17.4. The Morgan fingerprint density at radius 3 is 2.49 bits per heavy atom. The van der Waals surface area contributed by atoms with Crippen LogP contribution in [0.4, 0.5) is 0 Å². The summed E-state index contributed by atoms with van der Waals surface area (Å²) in [5, 5.41) is 8.90. The van der Waals surface area contributed by atoms with Gasteiger partial charge in [0.25, 0.3) is 5.91 Å². The molecule has 7 nitrogen and oxygen atoms in total. The lowest BCUT2D eigenvalue weighted by atomic mass is 10.1. The number of aryl methyl sites for hydroxylation is 2. The van der Waals surface area contributed by atoms with Crippen molar-refractivity contribution >= 4 is 16.9 Å². The highest BCUT2D eigenvalue weighted by Gasteiger charge is 2.16. The lowest BCUT2D eigenvalue weighted by molar-refractivity contribution is 0.0951. The van der Waals surface area contributed by atoms with Gasteiger partial charge < -0.3 is 14.6 Å². The van der Waals surface area contributed by atoms with Crippen LogP contribution in [0.25, 0.3) is 16.9 Å². The second-order valence-electron chi connectivity index (χ2n) is 8.58. The molecule has 5 rings (SSSR count). The molecule has 0 spiro atoms. The molecule has 2 aromatic carbocycles. The maximum Gasteiger partial charge on any atom is 0.251 e. The number of ether oxygens (including phenoxy) is 1. The Morgan fingerprint density at radius 1 is 0.971 bits per heavy atom. The van der Waals surface area contributed by atoms with E-state index in [9.17, 15) is 4.79 Å². The summed E-state index contributed by atoms with van der Waals surface area (Å²) < 4.78 is 9.19. The van der Waals surface area contributed by atoms with Crippen molar-refractivity contribution in [2.24, 2.45) is 0 Å². The van der Waals surface area contributed by atoms with Crippen LogP contribution < -0.4 is 10.1 Å². The number of amides is 1. The summed E-state index contributed by atoms with van der Waals surface area (Å²) in [6.07, 6.45) is 3.98. The highest BCUT2D eigenvalue weighted by atomic mass is 16.5. The van der Waals surface area contributed by atoms with Gasteiger partial charge in [-0.25, -0.2) is 9.67 Å². The Hall–Kier alpha value is -4.39. The zero-order valence-electron chi connectivity index (χ0n) is 20.0. The van der Waals surface area contributed by atoms with Crippen LogP contribution in [0.2, 0.25) is 0 Å². The number of rotatable bonds is 7. The van der Waals surface area contributed by atoms with Crippen LogP contribution in [0.1, 0.15) is 32.7 Å². The number of hydrogen-bond acceptors (Lipinski definition) is 4. The van der Waals surface area contributed by atoms with Crippen molar-refractivity contribution in [3.8, 4) is 11.6 Å². The maximum absolute atomic E-state index is 12.7. The quantitative estimate of drug-likeness (QED) is 0.374. The average molecular weight is 466 g/mol. The summed E-state index contributed by atoms with van der Waals surface area (Å²) in [5.74, 6) is 1.52. The molecule has 0 saturated heterocycles. The number of fused-ring (bicyclic) bond motifs is 1. The van der Waals surface area contributed by atoms with Gasteiger partial charge in [-0.05, 0) is 73.0 Å². The van der Waals surface area contributed by atoms with Gasteiger partial charge in [0, 0.05) is 30.2 Å². The van der Waals surface area contributed by atoms with Crippen molar-refractivity contribution in [1.82, 2.24) is 24.6 Å². The summed E-state index contributed by atoms with van der Waals surface area (Å²) in [6, 6.07) is 21.3. The van der Waals surface area contributed by atoms with Crippen LogP contribution in [-0.2, 0) is 13.1 Å². The predicted molar refractivity (Wildman–Crippen MR) is 136 cm³/mol. The van der Waals surface area contributed by atoms with E-state index in [4.69, 9.17) is 14.8 Å². The van der Waals surface area contributed by atoms with E-state index in [0.29, 0.717) is 18.7 Å². The van der Waals surface area contributed by atoms with Crippen molar-refractivity contribution < 1.29 is 9.53 Å². The standard InChI is InChI=1S/C28H27N5O2/c1-19-15-20(2)30-26-25(19)27(32-13-4-5-14-32)31-33(26)18-21-9-11-23(12-10-21)28(34)29-17-22-7-6-8-24(16-22)35-3/h4-16H,17-18H2,1-3H3,(H,29,34). The molecule has 0 aliphatic carbocycles. The molecule has 0 aliphatic heterocycles. The fourth-order valence-electron chi connectivity index (χ4n) is 4.26. The molecule has 1 N–H and O–H groups in total. The van der Waals surface area contributed by atoms with Crippen LogP contribution in [0.3, 0.4) is 0 Å². The molecule has 0 saturated carbocycles. The summed E-state index contributed by atoms with van der Waals surface area (Å²) >= 11 is 0. The Bertz CT molecular complexity index is 1480. The summed E-state index contributed by atoms with van der Waals surface area (Å²) in [7, 11) is 1.63. The smallest absolute Gasteiger partial charge is 0.251 e. The van der Waals surface area contributed by atoms with Gasteiger partial charge in [0.1, 0.15) is 5.75 Å². The molecule has 0 atom stereocenters. The van der Waals surface area contributed by atoms with Crippen LogP contribution in [0, 0.1) is 13.8 Å². The van der Waals surface area contributed by atoms with Gasteiger partial charge in [-0.1, -0.05) is 24.3 Å². The molecule has 0 unspecified atom stereocenters. The molecule has 3 heterocycles. The molecule has 0 aliphatic rings. The number of aromatic nitrogens is 4. The second kappa shape index (κ2) is 9.46. The minimum atomic E-state index is -0.119.